The number of esters is 1. The fourth-order valence-electron chi connectivity index (χ4n) is 3.76. The van der Waals surface area contributed by atoms with Gasteiger partial charge in [0.15, 0.2) is 6.61 Å². The molecule has 1 N–H and O–H groups in total. The molecule has 8 nitrogen and oxygen atoms in total. The van der Waals surface area contributed by atoms with E-state index in [1.165, 1.54) is 0 Å². The number of aryl methyl sites for hydroxylation is 2. The molecule has 0 unspecified atom stereocenters. The summed E-state index contributed by atoms with van der Waals surface area (Å²) in [6.07, 6.45) is 0.737. The van der Waals surface area contributed by atoms with E-state index in [1.807, 2.05) is 32.0 Å². The zero-order valence-corrected chi connectivity index (χ0v) is 16.4. The summed E-state index contributed by atoms with van der Waals surface area (Å²) in [6.45, 7) is 4.82. The number of ether oxygens (including phenoxy) is 1. The number of para-hydroxylation sites is 1. The molecule has 0 aliphatic heterocycles. The second kappa shape index (κ2) is 9.43. The number of ketones is 1. The van der Waals surface area contributed by atoms with Crippen molar-refractivity contribution in [3.8, 4) is 0 Å². The van der Waals surface area contributed by atoms with E-state index in [0.717, 1.165) is 17.5 Å². The smallest absolute Gasteiger partial charge is 0.307 e. The third-order valence-corrected chi connectivity index (χ3v) is 5.30. The molecule has 0 spiro atoms. The van der Waals surface area contributed by atoms with E-state index in [-0.39, 0.29) is 31.1 Å². The molecule has 0 saturated heterocycles. The van der Waals surface area contributed by atoms with Crippen LogP contribution in [0.25, 0.3) is 0 Å². The Bertz CT molecular complexity index is 776. The molecule has 2 rings (SSSR count). The van der Waals surface area contributed by atoms with Crippen molar-refractivity contribution in [1.29, 1.82) is 0 Å². The number of Topliss-reactive ketones (excluding diaryl/α,β-unsaturated/α-hetero) is 1. The second-order valence-electron chi connectivity index (χ2n) is 7.31. The highest BCUT2D eigenvalue weighted by atomic mass is 16.6. The van der Waals surface area contributed by atoms with Gasteiger partial charge in [0, 0.05) is 28.9 Å². The van der Waals surface area contributed by atoms with Gasteiger partial charge >= 0.3 is 5.97 Å². The van der Waals surface area contributed by atoms with Crippen LogP contribution in [0.3, 0.4) is 0 Å². The number of benzene rings is 1. The number of carbonyl (C=O) groups is 3. The molecule has 1 aromatic rings. The lowest BCUT2D eigenvalue weighted by molar-refractivity contribution is -0.490. The van der Waals surface area contributed by atoms with Crippen molar-refractivity contribution in [2.24, 2.45) is 17.8 Å². The lowest BCUT2D eigenvalue weighted by Crippen LogP contribution is -2.28. The normalized spacial score (nSPS) is 21.4. The Morgan fingerprint density at radius 2 is 2.07 bits per heavy atom. The number of nitrogens with zero attached hydrogens (tertiary/aromatic N) is 1. The largest absolute Gasteiger partial charge is 0.456 e. The van der Waals surface area contributed by atoms with E-state index < -0.39 is 35.2 Å². The molecule has 0 radical (unpaired) electrons. The SMILES string of the molecule is CCc1cccc(C)c1NC(=O)COC(=O)C[C@@H]1C(=O)C[C@@H](C)[C@@H]1C[N+](=O)[O-]. The van der Waals surface area contributed by atoms with Crippen LogP contribution in [0.2, 0.25) is 0 Å². The zero-order chi connectivity index (χ0) is 20.8. The molecule has 28 heavy (non-hydrogen) atoms. The molecule has 1 amide bonds. The summed E-state index contributed by atoms with van der Waals surface area (Å²) >= 11 is 0. The van der Waals surface area contributed by atoms with E-state index >= 15 is 0 Å². The van der Waals surface area contributed by atoms with Gasteiger partial charge in [0.1, 0.15) is 5.78 Å². The van der Waals surface area contributed by atoms with Crippen LogP contribution in [0, 0.1) is 34.8 Å². The predicted octanol–water partition coefficient (Wildman–Crippen LogP) is 2.55. The van der Waals surface area contributed by atoms with Crippen LogP contribution in [0.1, 0.15) is 37.8 Å². The molecular formula is C20H26N2O6. The number of carbonyl (C=O) groups excluding carboxylic acids is 3. The van der Waals surface area contributed by atoms with E-state index in [2.05, 4.69) is 5.32 Å². The second-order valence-corrected chi connectivity index (χ2v) is 7.31. The number of anilines is 1. The monoisotopic (exact) mass is 390 g/mol. The van der Waals surface area contributed by atoms with Gasteiger partial charge in [0.25, 0.3) is 5.91 Å². The van der Waals surface area contributed by atoms with Gasteiger partial charge in [0.05, 0.1) is 6.42 Å². The van der Waals surface area contributed by atoms with Gasteiger partial charge in [-0.1, -0.05) is 32.0 Å². The van der Waals surface area contributed by atoms with Gasteiger partial charge in [-0.15, -0.1) is 0 Å². The first-order valence-electron chi connectivity index (χ1n) is 9.41. The quantitative estimate of drug-likeness (QED) is 0.414. The van der Waals surface area contributed by atoms with Crippen molar-refractivity contribution < 1.29 is 24.0 Å². The van der Waals surface area contributed by atoms with Crippen LogP contribution < -0.4 is 5.32 Å². The third kappa shape index (κ3) is 5.37. The maximum atomic E-state index is 12.2. The molecule has 1 aromatic carbocycles. The van der Waals surface area contributed by atoms with Crippen molar-refractivity contribution in [1.82, 2.24) is 0 Å². The Balaban J connectivity index is 1.91. The lowest BCUT2D eigenvalue weighted by Gasteiger charge is -2.17. The maximum absolute atomic E-state index is 12.2. The number of amides is 1. The molecule has 152 valence electrons. The van der Waals surface area contributed by atoms with Crippen LogP contribution in [0.5, 0.6) is 0 Å². The Hall–Kier alpha value is -2.77. The van der Waals surface area contributed by atoms with Crippen molar-refractivity contribution in [3.05, 3.63) is 39.4 Å². The minimum atomic E-state index is -0.723. The summed E-state index contributed by atoms with van der Waals surface area (Å²) in [5, 5.41) is 13.6. The van der Waals surface area contributed by atoms with Gasteiger partial charge in [-0.3, -0.25) is 24.5 Å². The molecule has 0 aromatic heterocycles. The maximum Gasteiger partial charge on any atom is 0.307 e. The highest BCUT2D eigenvalue weighted by Gasteiger charge is 2.44. The molecule has 1 aliphatic carbocycles. The number of rotatable bonds is 8. The van der Waals surface area contributed by atoms with Crippen LogP contribution >= 0.6 is 0 Å². The minimum Gasteiger partial charge on any atom is -0.456 e. The highest BCUT2D eigenvalue weighted by Crippen LogP contribution is 2.36. The summed E-state index contributed by atoms with van der Waals surface area (Å²) in [7, 11) is 0. The van der Waals surface area contributed by atoms with E-state index in [4.69, 9.17) is 4.74 Å². The predicted molar refractivity (Wildman–Crippen MR) is 102 cm³/mol. The van der Waals surface area contributed by atoms with E-state index in [0.29, 0.717) is 5.69 Å². The van der Waals surface area contributed by atoms with Crippen molar-refractivity contribution in [3.63, 3.8) is 0 Å². The first kappa shape index (κ1) is 21.5. The van der Waals surface area contributed by atoms with Crippen LogP contribution in [0.15, 0.2) is 18.2 Å². The van der Waals surface area contributed by atoms with Crippen molar-refractivity contribution in [2.75, 3.05) is 18.5 Å². The summed E-state index contributed by atoms with van der Waals surface area (Å²) in [6, 6.07) is 5.70. The highest BCUT2D eigenvalue weighted by molar-refractivity contribution is 5.94. The molecule has 0 bridgehead atoms. The summed E-state index contributed by atoms with van der Waals surface area (Å²) in [5.74, 6) is -2.68. The minimum absolute atomic E-state index is 0.146. The molecule has 1 fully saturated rings. The van der Waals surface area contributed by atoms with Crippen LogP contribution in [-0.2, 0) is 25.5 Å². The van der Waals surface area contributed by atoms with Gasteiger partial charge in [-0.2, -0.15) is 0 Å². The van der Waals surface area contributed by atoms with E-state index in [1.54, 1.807) is 6.92 Å². The number of hydrogen-bond donors (Lipinski definition) is 1. The van der Waals surface area contributed by atoms with Crippen molar-refractivity contribution in [2.45, 2.75) is 40.0 Å². The van der Waals surface area contributed by atoms with Crippen molar-refractivity contribution >= 4 is 23.3 Å². The summed E-state index contributed by atoms with van der Waals surface area (Å²) in [5.41, 5.74) is 2.59. The van der Waals surface area contributed by atoms with Gasteiger partial charge in [0.2, 0.25) is 6.54 Å². The Labute approximate surface area is 163 Å². The Morgan fingerprint density at radius 3 is 2.71 bits per heavy atom. The lowest BCUT2D eigenvalue weighted by atomic mass is 9.88. The third-order valence-electron chi connectivity index (χ3n) is 5.30. The zero-order valence-electron chi connectivity index (χ0n) is 16.4. The number of nitrogens with one attached hydrogen (secondary N) is 1. The summed E-state index contributed by atoms with van der Waals surface area (Å²) < 4.78 is 5.02. The molecule has 1 aliphatic rings. The molecule has 0 heterocycles. The first-order chi connectivity index (χ1) is 13.2. The molecular weight excluding hydrogens is 364 g/mol. The van der Waals surface area contributed by atoms with Crippen LogP contribution in [0.4, 0.5) is 5.69 Å². The molecule has 1 saturated carbocycles. The van der Waals surface area contributed by atoms with Gasteiger partial charge < -0.3 is 10.1 Å². The van der Waals surface area contributed by atoms with Gasteiger partial charge in [-0.05, 0) is 30.4 Å². The first-order valence-corrected chi connectivity index (χ1v) is 9.41. The summed E-state index contributed by atoms with van der Waals surface area (Å²) in [4.78, 5) is 46.7. The fraction of sp³-hybridized carbons (Fsp3) is 0.550. The average molecular weight is 390 g/mol. The Kier molecular flexibility index (Phi) is 7.25. The van der Waals surface area contributed by atoms with E-state index in [9.17, 15) is 24.5 Å². The topological polar surface area (TPSA) is 116 Å². The Morgan fingerprint density at radius 1 is 1.36 bits per heavy atom. The van der Waals surface area contributed by atoms with Gasteiger partial charge in [-0.25, -0.2) is 0 Å². The fourth-order valence-corrected chi connectivity index (χ4v) is 3.76. The van der Waals surface area contributed by atoms with Crippen LogP contribution in [-0.4, -0.2) is 35.7 Å². The average Bonchev–Trinajstić information content (AvgIpc) is 2.88. The number of nitro groups is 1. The number of hydrogen-bond acceptors (Lipinski definition) is 6. The standard InChI is InChI=1S/C20H26N2O6/c1-4-14-7-5-6-12(2)20(14)21-18(24)11-28-19(25)9-15-16(10-22(26)27)13(3)8-17(15)23/h5-7,13,15-16H,4,8-11H2,1-3H3,(H,21,24)/t13-,15+,16+/m1/s1. The molecule has 8 heteroatoms. The molecule has 3 atom stereocenters.